The number of pyridine rings is 1. The first-order valence-electron chi connectivity index (χ1n) is 13.4. The van der Waals surface area contributed by atoms with Crippen LogP contribution in [-0.4, -0.2) is 75.9 Å². The lowest BCUT2D eigenvalue weighted by Crippen LogP contribution is -2.45. The number of hydrogen-bond donors (Lipinski definition) is 2. The number of piperazine rings is 1. The molecule has 1 aliphatic rings. The lowest BCUT2D eigenvalue weighted by atomic mass is 10.1. The molecule has 0 saturated carbocycles. The first kappa shape index (κ1) is 26.7. The van der Waals surface area contributed by atoms with Gasteiger partial charge in [-0.2, -0.15) is 0 Å². The van der Waals surface area contributed by atoms with Crippen LogP contribution in [0.1, 0.15) is 5.56 Å². The van der Waals surface area contributed by atoms with Gasteiger partial charge in [-0.3, -0.25) is 4.98 Å². The molecule has 5 aromatic rings. The Balaban J connectivity index is 1.26. The lowest BCUT2D eigenvalue weighted by molar-refractivity contribution is 0.252. The minimum atomic E-state index is -0.264. The van der Waals surface area contributed by atoms with E-state index in [-0.39, 0.29) is 6.03 Å². The highest BCUT2D eigenvalue weighted by atomic mass is 32.2. The Hall–Kier alpha value is -4.55. The summed E-state index contributed by atoms with van der Waals surface area (Å²) in [7, 11) is 2.12. The fraction of sp³-hybridized carbons (Fsp3) is 0.241. The topological polar surface area (TPSA) is 125 Å². The van der Waals surface area contributed by atoms with Gasteiger partial charge in [0.2, 0.25) is 5.89 Å². The molecule has 2 amide bonds. The average Bonchev–Trinajstić information content (AvgIpc) is 3.47. The normalized spacial score (nSPS) is 13.8. The molecule has 0 radical (unpaired) electrons. The van der Waals surface area contributed by atoms with Gasteiger partial charge in [-0.1, -0.05) is 30.3 Å². The van der Waals surface area contributed by atoms with Gasteiger partial charge in [0.1, 0.15) is 11.4 Å². The van der Waals surface area contributed by atoms with E-state index in [1.54, 1.807) is 12.4 Å². The Morgan fingerprint density at radius 2 is 1.88 bits per heavy atom. The molecule has 2 N–H and O–H groups in total. The summed E-state index contributed by atoms with van der Waals surface area (Å²) in [6, 6.07) is 17.4. The molecule has 12 heteroatoms. The highest BCUT2D eigenvalue weighted by Crippen LogP contribution is 2.37. The molecule has 0 unspecified atom stereocenters. The number of nitrogens with zero attached hydrogens (tertiary/aromatic N) is 7. The molecule has 208 valence electrons. The number of anilines is 2. The van der Waals surface area contributed by atoms with Crippen LogP contribution in [0.3, 0.4) is 0 Å². The second-order valence-corrected chi connectivity index (χ2v) is 10.6. The van der Waals surface area contributed by atoms with Crippen LogP contribution < -0.4 is 15.5 Å². The summed E-state index contributed by atoms with van der Waals surface area (Å²) in [6.07, 6.45) is 5.64. The van der Waals surface area contributed by atoms with Crippen LogP contribution in [0.15, 0.2) is 88.0 Å². The molecule has 6 rings (SSSR count). The molecule has 11 nitrogen and oxygen atoms in total. The van der Waals surface area contributed by atoms with E-state index in [2.05, 4.69) is 64.8 Å². The van der Waals surface area contributed by atoms with E-state index in [4.69, 9.17) is 4.42 Å². The summed E-state index contributed by atoms with van der Waals surface area (Å²) >= 11 is 1.25. The average molecular weight is 568 g/mol. The number of fused-ring (bicyclic) bond motifs is 1. The van der Waals surface area contributed by atoms with Gasteiger partial charge in [0.05, 0.1) is 22.5 Å². The maximum atomic E-state index is 13.0. The fourth-order valence-corrected chi connectivity index (χ4v) is 5.37. The smallest absolute Gasteiger partial charge is 0.319 e. The molecule has 0 bridgehead atoms. The summed E-state index contributed by atoms with van der Waals surface area (Å²) in [5.41, 5.74) is 4.29. The zero-order valence-electron chi connectivity index (χ0n) is 22.5. The number of nitrogens with one attached hydrogen (secondary N) is 2. The van der Waals surface area contributed by atoms with Gasteiger partial charge in [0.25, 0.3) is 5.22 Å². The van der Waals surface area contributed by atoms with Gasteiger partial charge in [-0.15, -0.1) is 10.2 Å². The maximum Gasteiger partial charge on any atom is 0.319 e. The summed E-state index contributed by atoms with van der Waals surface area (Å²) in [4.78, 5) is 30.8. The lowest BCUT2D eigenvalue weighted by Gasteiger charge is -2.35. The Bertz CT molecular complexity index is 1620. The number of benzene rings is 2. The van der Waals surface area contributed by atoms with Crippen LogP contribution in [0.2, 0.25) is 0 Å². The Morgan fingerprint density at radius 1 is 1.02 bits per heavy atom. The van der Waals surface area contributed by atoms with Crippen molar-refractivity contribution in [1.82, 2.24) is 35.4 Å². The third-order valence-corrected chi connectivity index (χ3v) is 7.71. The van der Waals surface area contributed by atoms with Crippen molar-refractivity contribution in [3.05, 3.63) is 78.9 Å². The van der Waals surface area contributed by atoms with E-state index in [9.17, 15) is 4.79 Å². The number of aromatic nitrogens is 5. The maximum absolute atomic E-state index is 13.0. The second kappa shape index (κ2) is 12.3. The van der Waals surface area contributed by atoms with Gasteiger partial charge >= 0.3 is 6.03 Å². The molecule has 1 aliphatic heterocycles. The number of hydrogen-bond acceptors (Lipinski definition) is 10. The molecule has 2 aromatic carbocycles. The van der Waals surface area contributed by atoms with Crippen LogP contribution >= 0.6 is 11.8 Å². The van der Waals surface area contributed by atoms with E-state index >= 15 is 0 Å². The monoisotopic (exact) mass is 567 g/mol. The van der Waals surface area contributed by atoms with Crippen LogP contribution in [0.4, 0.5) is 16.2 Å². The summed E-state index contributed by atoms with van der Waals surface area (Å²) in [6.45, 7) is 4.08. The molecule has 4 heterocycles. The zero-order valence-corrected chi connectivity index (χ0v) is 23.3. The second-order valence-electron chi connectivity index (χ2n) is 9.69. The van der Waals surface area contributed by atoms with Crippen molar-refractivity contribution in [2.45, 2.75) is 16.7 Å². The van der Waals surface area contributed by atoms with Gasteiger partial charge in [0, 0.05) is 50.5 Å². The molecule has 0 spiro atoms. The Morgan fingerprint density at radius 3 is 2.68 bits per heavy atom. The quantitative estimate of drug-likeness (QED) is 0.262. The standard InChI is InChI=1S/C29H29N9O2S/c1-37-12-14-38(15-13-37)25-17-23-22(16-24(25)34-28(39)31-11-9-20-6-3-2-4-7-20)27(33-19-32-23)41-29-36-35-26(40-29)21-8-5-10-30-18-21/h2-8,10,16-19H,9,11-15H2,1H3,(H2,31,34,39). The molecular formula is C29H29N9O2S. The van der Waals surface area contributed by atoms with Crippen molar-refractivity contribution in [3.8, 4) is 11.5 Å². The minimum absolute atomic E-state index is 0.264. The van der Waals surface area contributed by atoms with Crippen molar-refractivity contribution in [2.75, 3.05) is 50.0 Å². The summed E-state index contributed by atoms with van der Waals surface area (Å²) in [5, 5.41) is 16.2. The van der Waals surface area contributed by atoms with Crippen molar-refractivity contribution < 1.29 is 9.21 Å². The van der Waals surface area contributed by atoms with Gasteiger partial charge in [-0.05, 0) is 55.1 Å². The van der Waals surface area contributed by atoms with Crippen LogP contribution in [-0.2, 0) is 6.42 Å². The summed E-state index contributed by atoms with van der Waals surface area (Å²) < 4.78 is 5.87. The first-order chi connectivity index (χ1) is 20.1. The molecule has 0 aliphatic carbocycles. The number of carbonyl (C=O) groups excluding carboxylic acids is 1. The molecular weight excluding hydrogens is 538 g/mol. The third-order valence-electron chi connectivity index (χ3n) is 6.85. The minimum Gasteiger partial charge on any atom is -0.411 e. The van der Waals surface area contributed by atoms with Crippen LogP contribution in [0, 0.1) is 0 Å². The van der Waals surface area contributed by atoms with E-state index in [0.717, 1.165) is 54.8 Å². The van der Waals surface area contributed by atoms with E-state index in [1.807, 2.05) is 42.5 Å². The molecule has 1 fully saturated rings. The first-order valence-corrected chi connectivity index (χ1v) is 14.2. The van der Waals surface area contributed by atoms with E-state index in [0.29, 0.717) is 28.4 Å². The van der Waals surface area contributed by atoms with Crippen molar-refractivity contribution in [1.29, 1.82) is 0 Å². The number of urea groups is 1. The fourth-order valence-electron chi connectivity index (χ4n) is 4.63. The van der Waals surface area contributed by atoms with Crippen LogP contribution in [0.5, 0.6) is 0 Å². The summed E-state index contributed by atoms with van der Waals surface area (Å²) in [5.74, 6) is 0.380. The Labute approximate surface area is 241 Å². The largest absolute Gasteiger partial charge is 0.411 e. The molecule has 41 heavy (non-hydrogen) atoms. The Kier molecular flexibility index (Phi) is 8.01. The SMILES string of the molecule is CN1CCN(c2cc3ncnc(Sc4nnc(-c5cccnc5)o4)c3cc2NC(=O)NCCc2ccccc2)CC1. The van der Waals surface area contributed by atoms with Crippen molar-refractivity contribution in [2.24, 2.45) is 0 Å². The predicted molar refractivity (Wildman–Crippen MR) is 158 cm³/mol. The number of rotatable bonds is 8. The highest BCUT2D eigenvalue weighted by molar-refractivity contribution is 7.99. The highest BCUT2D eigenvalue weighted by Gasteiger charge is 2.21. The van der Waals surface area contributed by atoms with Crippen molar-refractivity contribution in [3.63, 3.8) is 0 Å². The molecule has 1 saturated heterocycles. The van der Waals surface area contributed by atoms with E-state index < -0.39 is 0 Å². The molecule has 0 atom stereocenters. The number of carbonyl (C=O) groups is 1. The van der Waals surface area contributed by atoms with Gasteiger partial charge in [-0.25, -0.2) is 14.8 Å². The zero-order chi connectivity index (χ0) is 28.0. The molecule has 3 aromatic heterocycles. The number of likely N-dealkylation sites (N-methyl/N-ethyl adjacent to an activating group) is 1. The van der Waals surface area contributed by atoms with E-state index in [1.165, 1.54) is 23.7 Å². The van der Waals surface area contributed by atoms with Gasteiger partial charge < -0.3 is 24.9 Å². The number of amides is 2. The van der Waals surface area contributed by atoms with Crippen LogP contribution in [0.25, 0.3) is 22.4 Å². The predicted octanol–water partition coefficient (Wildman–Crippen LogP) is 4.34. The van der Waals surface area contributed by atoms with Crippen molar-refractivity contribution >= 4 is 40.1 Å². The third kappa shape index (κ3) is 6.44. The van der Waals surface area contributed by atoms with Gasteiger partial charge in [0.15, 0.2) is 0 Å².